The van der Waals surface area contributed by atoms with E-state index in [4.69, 9.17) is 9.47 Å². The molecule has 1 aromatic rings. The minimum Gasteiger partial charge on any atom is -0.454 e. The first-order chi connectivity index (χ1) is 14.3. The standard InChI is InChI=1S/C21H25N3O6/c1-3-13-4-6-21(7-5-13)19(27)24(20(28)23-21)10-18(26)22-15-9-17-16(29-11-30-17)8-14(15)12(2)25/h8-9,13H,3-7,10-11H2,1-2H3,(H,22,26)(H,23,28). The largest absolute Gasteiger partial charge is 0.454 e. The van der Waals surface area contributed by atoms with Crippen LogP contribution >= 0.6 is 0 Å². The molecule has 0 atom stereocenters. The Balaban J connectivity index is 1.47. The Morgan fingerprint density at radius 1 is 1.20 bits per heavy atom. The van der Waals surface area contributed by atoms with Gasteiger partial charge in [0.25, 0.3) is 5.91 Å². The molecule has 1 aromatic carbocycles. The van der Waals surface area contributed by atoms with E-state index in [1.165, 1.54) is 19.1 Å². The molecule has 9 heteroatoms. The number of urea groups is 1. The van der Waals surface area contributed by atoms with Crippen LogP contribution in [0.2, 0.25) is 0 Å². The molecule has 2 N–H and O–H groups in total. The minimum atomic E-state index is -0.897. The zero-order valence-corrected chi connectivity index (χ0v) is 17.1. The van der Waals surface area contributed by atoms with Crippen LogP contribution in [0.5, 0.6) is 11.5 Å². The summed E-state index contributed by atoms with van der Waals surface area (Å²) in [5, 5.41) is 5.44. The summed E-state index contributed by atoms with van der Waals surface area (Å²) in [5.74, 6) is 0.224. The lowest BCUT2D eigenvalue weighted by Gasteiger charge is -2.34. The van der Waals surface area contributed by atoms with Gasteiger partial charge in [0, 0.05) is 11.6 Å². The van der Waals surface area contributed by atoms with Gasteiger partial charge in [0.2, 0.25) is 12.7 Å². The van der Waals surface area contributed by atoms with E-state index in [2.05, 4.69) is 17.6 Å². The summed E-state index contributed by atoms with van der Waals surface area (Å²) in [6, 6.07) is 2.47. The van der Waals surface area contributed by atoms with E-state index in [1.54, 1.807) is 0 Å². The molecular formula is C21H25N3O6. The summed E-state index contributed by atoms with van der Waals surface area (Å²) >= 11 is 0. The molecule has 9 nitrogen and oxygen atoms in total. The topological polar surface area (TPSA) is 114 Å². The molecule has 2 aliphatic heterocycles. The number of imide groups is 1. The highest BCUT2D eigenvalue weighted by molar-refractivity contribution is 6.11. The Labute approximate surface area is 174 Å². The lowest BCUT2D eigenvalue weighted by Crippen LogP contribution is -2.49. The summed E-state index contributed by atoms with van der Waals surface area (Å²) in [6.45, 7) is 3.11. The predicted molar refractivity (Wildman–Crippen MR) is 106 cm³/mol. The molecule has 0 aromatic heterocycles. The maximum absolute atomic E-state index is 13.0. The van der Waals surface area contributed by atoms with Gasteiger partial charge in [0.1, 0.15) is 12.1 Å². The van der Waals surface area contributed by atoms with E-state index in [0.29, 0.717) is 30.3 Å². The molecule has 3 aliphatic rings. The highest BCUT2D eigenvalue weighted by atomic mass is 16.7. The summed E-state index contributed by atoms with van der Waals surface area (Å²) in [6.07, 6.45) is 3.98. The monoisotopic (exact) mass is 415 g/mol. The van der Waals surface area contributed by atoms with Crippen molar-refractivity contribution in [3.63, 3.8) is 0 Å². The number of hydrogen-bond acceptors (Lipinski definition) is 6. The third-order valence-electron chi connectivity index (χ3n) is 6.25. The number of amides is 4. The van der Waals surface area contributed by atoms with Gasteiger partial charge in [-0.3, -0.25) is 19.3 Å². The highest BCUT2D eigenvalue weighted by Crippen LogP contribution is 2.39. The first kappa shape index (κ1) is 20.2. The van der Waals surface area contributed by atoms with Gasteiger partial charge in [-0.1, -0.05) is 13.3 Å². The number of ketones is 1. The molecule has 1 saturated heterocycles. The number of carbonyl (C=O) groups is 4. The summed E-state index contributed by atoms with van der Waals surface area (Å²) < 4.78 is 10.6. The summed E-state index contributed by atoms with van der Waals surface area (Å²) in [4.78, 5) is 51.0. The van der Waals surface area contributed by atoms with Crippen LogP contribution in [0.1, 0.15) is 56.3 Å². The van der Waals surface area contributed by atoms with E-state index in [0.717, 1.165) is 24.2 Å². The average molecular weight is 415 g/mol. The van der Waals surface area contributed by atoms with Gasteiger partial charge in [0.05, 0.1) is 5.69 Å². The van der Waals surface area contributed by atoms with Crippen LogP contribution in [-0.4, -0.2) is 47.4 Å². The van der Waals surface area contributed by atoms with Gasteiger partial charge in [-0.05, 0) is 44.6 Å². The number of Topliss-reactive ketones (excluding diaryl/α,β-unsaturated/α-hetero) is 1. The van der Waals surface area contributed by atoms with Crippen LogP contribution < -0.4 is 20.1 Å². The van der Waals surface area contributed by atoms with Gasteiger partial charge >= 0.3 is 6.03 Å². The highest BCUT2D eigenvalue weighted by Gasteiger charge is 2.52. The number of nitrogens with one attached hydrogen (secondary N) is 2. The molecule has 1 saturated carbocycles. The van der Waals surface area contributed by atoms with Crippen molar-refractivity contribution in [3.05, 3.63) is 17.7 Å². The van der Waals surface area contributed by atoms with Gasteiger partial charge in [-0.2, -0.15) is 0 Å². The Bertz CT molecular complexity index is 920. The van der Waals surface area contributed by atoms with Crippen molar-refractivity contribution in [1.29, 1.82) is 0 Å². The fourth-order valence-corrected chi connectivity index (χ4v) is 4.41. The number of ether oxygens (including phenoxy) is 2. The zero-order valence-electron chi connectivity index (χ0n) is 17.1. The third-order valence-corrected chi connectivity index (χ3v) is 6.25. The summed E-state index contributed by atoms with van der Waals surface area (Å²) in [5.41, 5.74) is -0.382. The van der Waals surface area contributed by atoms with Crippen LogP contribution in [-0.2, 0) is 9.59 Å². The SMILES string of the molecule is CCC1CCC2(CC1)NC(=O)N(CC(=O)Nc1cc3c(cc1C(C)=O)OCO3)C2=O. The van der Waals surface area contributed by atoms with Crippen LogP contribution in [0.15, 0.2) is 12.1 Å². The smallest absolute Gasteiger partial charge is 0.325 e. The fourth-order valence-electron chi connectivity index (χ4n) is 4.41. The second kappa shape index (κ2) is 7.62. The van der Waals surface area contributed by atoms with Crippen molar-refractivity contribution < 1.29 is 28.7 Å². The molecule has 4 amide bonds. The maximum Gasteiger partial charge on any atom is 0.325 e. The molecule has 4 rings (SSSR count). The molecule has 30 heavy (non-hydrogen) atoms. The van der Waals surface area contributed by atoms with Crippen molar-refractivity contribution in [2.75, 3.05) is 18.7 Å². The molecule has 160 valence electrons. The number of benzene rings is 1. The first-order valence-corrected chi connectivity index (χ1v) is 10.2. The normalized spacial score (nSPS) is 24.9. The number of fused-ring (bicyclic) bond motifs is 1. The quantitative estimate of drug-likeness (QED) is 0.564. The number of rotatable bonds is 5. The van der Waals surface area contributed by atoms with Gasteiger partial charge in [-0.25, -0.2) is 4.79 Å². The molecule has 0 radical (unpaired) electrons. The van der Waals surface area contributed by atoms with Crippen LogP contribution in [0.3, 0.4) is 0 Å². The Morgan fingerprint density at radius 2 is 1.87 bits per heavy atom. The van der Waals surface area contributed by atoms with Crippen molar-refractivity contribution in [2.24, 2.45) is 5.92 Å². The van der Waals surface area contributed by atoms with Crippen LogP contribution in [0.25, 0.3) is 0 Å². The lowest BCUT2D eigenvalue weighted by atomic mass is 9.75. The van der Waals surface area contributed by atoms with E-state index < -0.39 is 24.0 Å². The Hall–Kier alpha value is -3.10. The third kappa shape index (κ3) is 3.48. The van der Waals surface area contributed by atoms with Gasteiger partial charge in [0.15, 0.2) is 17.3 Å². The molecular weight excluding hydrogens is 390 g/mol. The van der Waals surface area contributed by atoms with Crippen LogP contribution in [0, 0.1) is 5.92 Å². The van der Waals surface area contributed by atoms with Gasteiger partial charge in [-0.15, -0.1) is 0 Å². The van der Waals surface area contributed by atoms with Crippen molar-refractivity contribution in [1.82, 2.24) is 10.2 Å². The summed E-state index contributed by atoms with van der Waals surface area (Å²) in [7, 11) is 0. The molecule has 0 unspecified atom stereocenters. The number of anilines is 1. The predicted octanol–water partition coefficient (Wildman–Crippen LogP) is 2.45. The number of carbonyl (C=O) groups excluding carboxylic acids is 4. The molecule has 0 bridgehead atoms. The Morgan fingerprint density at radius 3 is 2.50 bits per heavy atom. The van der Waals surface area contributed by atoms with Crippen LogP contribution in [0.4, 0.5) is 10.5 Å². The second-order valence-electron chi connectivity index (χ2n) is 8.11. The van der Waals surface area contributed by atoms with E-state index >= 15 is 0 Å². The van der Waals surface area contributed by atoms with E-state index in [-0.39, 0.29) is 29.7 Å². The number of hydrogen-bond donors (Lipinski definition) is 2. The fraction of sp³-hybridized carbons (Fsp3) is 0.524. The first-order valence-electron chi connectivity index (χ1n) is 10.2. The lowest BCUT2D eigenvalue weighted by molar-refractivity contribution is -0.135. The molecule has 1 aliphatic carbocycles. The number of nitrogens with zero attached hydrogens (tertiary/aromatic N) is 1. The van der Waals surface area contributed by atoms with E-state index in [1.807, 2.05) is 0 Å². The zero-order chi connectivity index (χ0) is 21.5. The molecule has 2 heterocycles. The minimum absolute atomic E-state index is 0.0352. The van der Waals surface area contributed by atoms with Crippen molar-refractivity contribution in [2.45, 2.75) is 51.5 Å². The molecule has 1 spiro atoms. The second-order valence-corrected chi connectivity index (χ2v) is 8.11. The molecule has 2 fully saturated rings. The van der Waals surface area contributed by atoms with Crippen molar-refractivity contribution >= 4 is 29.3 Å². The van der Waals surface area contributed by atoms with E-state index in [9.17, 15) is 19.2 Å². The Kier molecular flexibility index (Phi) is 5.13. The van der Waals surface area contributed by atoms with Gasteiger partial charge < -0.3 is 20.1 Å². The van der Waals surface area contributed by atoms with Crippen molar-refractivity contribution in [3.8, 4) is 11.5 Å². The maximum atomic E-state index is 13.0. The average Bonchev–Trinajstić information content (AvgIpc) is 3.26.